The number of carbonyl (C=O) groups excluding carboxylic acids is 8. The van der Waals surface area contributed by atoms with Crippen molar-refractivity contribution in [3.8, 4) is 11.5 Å². The average Bonchev–Trinajstić information content (AvgIpc) is 3.31. The second kappa shape index (κ2) is 26.4. The van der Waals surface area contributed by atoms with Gasteiger partial charge in [0.25, 0.3) is 0 Å². The van der Waals surface area contributed by atoms with E-state index in [0.717, 1.165) is 16.2 Å². The minimum Gasteiger partial charge on any atom is -0.508 e. The molecule has 0 spiro atoms. The van der Waals surface area contributed by atoms with E-state index in [9.17, 15) is 58.5 Å². The SMILES string of the molecule is CCCCCC(=O)NC(CC(=O)O)C(=O)NC1C(=O)NC(Cc2ccc(O)cc2)C(=O)NC2CCC(O)N(C2=O)C(CC(C)C)C(=O)N(C)C(Cc2ccc(OC)cc2)C(=O)NC(C(C)C)C(=O)OC1C. The number of carbonyl (C=O) groups is 9. The van der Waals surface area contributed by atoms with E-state index in [1.165, 1.54) is 45.3 Å². The molecular weight excluding hydrogens is 923 g/mol. The summed E-state index contributed by atoms with van der Waals surface area (Å²) in [5, 5.41) is 44.1. The highest BCUT2D eigenvalue weighted by Crippen LogP contribution is 2.27. The number of nitrogens with one attached hydrogen (secondary N) is 5. The number of amides is 7. The topological polar surface area (TPSA) is 299 Å². The van der Waals surface area contributed by atoms with Crippen molar-refractivity contribution >= 4 is 53.3 Å². The molecule has 9 unspecified atom stereocenters. The number of rotatable bonds is 17. The zero-order valence-corrected chi connectivity index (χ0v) is 41.8. The van der Waals surface area contributed by atoms with Crippen LogP contribution in [0.1, 0.15) is 104 Å². The number of carboxylic acid groups (broad SMARTS) is 1. The van der Waals surface area contributed by atoms with Gasteiger partial charge in [-0.2, -0.15) is 0 Å². The maximum atomic E-state index is 14.9. The number of carboxylic acids is 1. The number of phenols is 1. The summed E-state index contributed by atoms with van der Waals surface area (Å²) in [6.07, 6.45) is -2.56. The molecule has 0 aliphatic carbocycles. The minimum atomic E-state index is -1.88. The average molecular weight is 994 g/mol. The number of hydrogen-bond donors (Lipinski definition) is 8. The van der Waals surface area contributed by atoms with E-state index in [0.29, 0.717) is 29.7 Å². The lowest BCUT2D eigenvalue weighted by Crippen LogP contribution is -2.65. The Morgan fingerprint density at radius 2 is 1.46 bits per heavy atom. The first-order valence-corrected chi connectivity index (χ1v) is 24.2. The van der Waals surface area contributed by atoms with Gasteiger partial charge in [0, 0.05) is 26.3 Å². The van der Waals surface area contributed by atoms with E-state index in [1.807, 2.05) is 20.8 Å². The molecule has 2 aromatic carbocycles. The fraction of sp³-hybridized carbons (Fsp3) is 0.580. The van der Waals surface area contributed by atoms with E-state index < -0.39 is 120 Å². The number of unbranched alkanes of at least 4 members (excludes halogenated alkanes) is 2. The lowest BCUT2D eigenvalue weighted by molar-refractivity contribution is -0.166. The van der Waals surface area contributed by atoms with Crippen LogP contribution in [0.5, 0.6) is 11.5 Å². The molecule has 2 aromatic rings. The Morgan fingerprint density at radius 1 is 0.831 bits per heavy atom. The molecule has 2 saturated heterocycles. The lowest BCUT2D eigenvalue weighted by Gasteiger charge is -2.43. The van der Waals surface area contributed by atoms with Gasteiger partial charge in [0.05, 0.1) is 13.5 Å². The number of cyclic esters (lactones) is 1. The Bertz CT molecular complexity index is 2200. The van der Waals surface area contributed by atoms with Crippen LogP contribution in [-0.2, 0) is 60.7 Å². The third kappa shape index (κ3) is 16.1. The third-order valence-electron chi connectivity index (χ3n) is 12.5. The molecule has 8 N–H and O–H groups in total. The van der Waals surface area contributed by atoms with Crippen molar-refractivity contribution in [2.45, 2.75) is 160 Å². The molecule has 4 rings (SSSR count). The minimum absolute atomic E-state index is 0.0188. The summed E-state index contributed by atoms with van der Waals surface area (Å²) in [4.78, 5) is 129. The van der Waals surface area contributed by atoms with Gasteiger partial charge in [-0.15, -0.1) is 0 Å². The van der Waals surface area contributed by atoms with Gasteiger partial charge in [0.2, 0.25) is 41.4 Å². The van der Waals surface area contributed by atoms with E-state index in [2.05, 4.69) is 26.6 Å². The molecule has 2 heterocycles. The quantitative estimate of drug-likeness (QED) is 0.0823. The summed E-state index contributed by atoms with van der Waals surface area (Å²) < 4.78 is 11.2. The summed E-state index contributed by atoms with van der Waals surface area (Å²) >= 11 is 0. The van der Waals surface area contributed by atoms with Crippen molar-refractivity contribution in [1.82, 2.24) is 36.4 Å². The molecule has 2 aliphatic rings. The molecule has 0 aromatic heterocycles. The summed E-state index contributed by atoms with van der Waals surface area (Å²) in [6, 6.07) is 1.79. The van der Waals surface area contributed by atoms with Crippen molar-refractivity contribution in [2.75, 3.05) is 14.2 Å². The first-order valence-electron chi connectivity index (χ1n) is 24.2. The molecule has 0 saturated carbocycles. The highest BCUT2D eigenvalue weighted by atomic mass is 16.5. The number of aromatic hydroxyl groups is 1. The molecule has 21 nitrogen and oxygen atoms in total. The first kappa shape index (κ1) is 56.8. The third-order valence-corrected chi connectivity index (χ3v) is 12.5. The maximum absolute atomic E-state index is 14.9. The van der Waals surface area contributed by atoms with Crippen LogP contribution in [0.25, 0.3) is 0 Å². The maximum Gasteiger partial charge on any atom is 0.329 e. The Hall–Kier alpha value is -6.77. The number of aliphatic hydroxyl groups is 1. The van der Waals surface area contributed by atoms with Crippen LogP contribution in [0.4, 0.5) is 0 Å². The van der Waals surface area contributed by atoms with Crippen LogP contribution in [0, 0.1) is 11.8 Å². The first-order chi connectivity index (χ1) is 33.5. The molecule has 2 aliphatic heterocycles. The van der Waals surface area contributed by atoms with Gasteiger partial charge in [0.1, 0.15) is 66.1 Å². The Balaban J connectivity index is 1.88. The normalized spacial score (nSPS) is 24.4. The molecule has 21 heteroatoms. The predicted octanol–water partition coefficient (Wildman–Crippen LogP) is 1.45. The van der Waals surface area contributed by atoms with E-state index >= 15 is 0 Å². The van der Waals surface area contributed by atoms with Gasteiger partial charge in [-0.1, -0.05) is 71.7 Å². The van der Waals surface area contributed by atoms with Crippen molar-refractivity contribution < 1.29 is 67.9 Å². The monoisotopic (exact) mass is 994 g/mol. The van der Waals surface area contributed by atoms with Crippen molar-refractivity contribution in [1.29, 1.82) is 0 Å². The van der Waals surface area contributed by atoms with Crippen LogP contribution in [0.2, 0.25) is 0 Å². The summed E-state index contributed by atoms with van der Waals surface area (Å²) in [7, 11) is 2.86. The lowest BCUT2D eigenvalue weighted by atomic mass is 9.94. The van der Waals surface area contributed by atoms with E-state index in [-0.39, 0.29) is 50.2 Å². The summed E-state index contributed by atoms with van der Waals surface area (Å²) in [5.41, 5.74) is 1.01. The molecule has 390 valence electrons. The van der Waals surface area contributed by atoms with Gasteiger partial charge in [-0.25, -0.2) is 4.79 Å². The fourth-order valence-electron chi connectivity index (χ4n) is 8.48. The molecule has 7 amide bonds. The van der Waals surface area contributed by atoms with Gasteiger partial charge >= 0.3 is 11.9 Å². The van der Waals surface area contributed by atoms with Gasteiger partial charge in [-0.3, -0.25) is 38.4 Å². The number of piperidine rings is 1. The number of hydrogen-bond acceptors (Lipinski definition) is 13. The number of esters is 1. The summed E-state index contributed by atoms with van der Waals surface area (Å²) in [5.74, 6) is -9.13. The van der Waals surface area contributed by atoms with Crippen LogP contribution < -0.4 is 31.3 Å². The number of ether oxygens (including phenoxy) is 2. The van der Waals surface area contributed by atoms with Gasteiger partial charge in [0.15, 0.2) is 0 Å². The van der Waals surface area contributed by atoms with Crippen molar-refractivity contribution in [3.05, 3.63) is 59.7 Å². The molecular formula is C50H71N7O14. The van der Waals surface area contributed by atoms with Crippen LogP contribution in [0.15, 0.2) is 48.5 Å². The van der Waals surface area contributed by atoms with Gasteiger partial charge < -0.3 is 61.2 Å². The Morgan fingerprint density at radius 3 is 2.06 bits per heavy atom. The van der Waals surface area contributed by atoms with Crippen LogP contribution in [-0.4, -0.2) is 147 Å². The largest absolute Gasteiger partial charge is 0.508 e. The molecule has 9 atom stereocenters. The zero-order chi connectivity index (χ0) is 52.7. The summed E-state index contributed by atoms with van der Waals surface area (Å²) in [6.45, 7) is 10.0. The predicted molar refractivity (Wildman–Crippen MR) is 257 cm³/mol. The number of fused-ring (bicyclic) bond motifs is 2. The van der Waals surface area contributed by atoms with E-state index in [1.54, 1.807) is 38.1 Å². The number of aliphatic carboxylic acids is 1. The highest BCUT2D eigenvalue weighted by Gasteiger charge is 2.46. The fourth-order valence-corrected chi connectivity index (χ4v) is 8.48. The van der Waals surface area contributed by atoms with Crippen LogP contribution in [0.3, 0.4) is 0 Å². The number of benzene rings is 2. The molecule has 2 bridgehead atoms. The van der Waals surface area contributed by atoms with E-state index in [4.69, 9.17) is 9.47 Å². The van der Waals surface area contributed by atoms with Crippen molar-refractivity contribution in [3.63, 3.8) is 0 Å². The second-order valence-corrected chi connectivity index (χ2v) is 19.0. The number of methoxy groups -OCH3 is 1. The Kier molecular flexibility index (Phi) is 21.2. The number of nitrogens with zero attached hydrogens (tertiary/aromatic N) is 2. The number of phenolic OH excluding ortho intramolecular Hbond substituents is 1. The second-order valence-electron chi connectivity index (χ2n) is 19.0. The Labute approximate surface area is 414 Å². The van der Waals surface area contributed by atoms with Gasteiger partial charge in [-0.05, 0) is 79.8 Å². The molecule has 71 heavy (non-hydrogen) atoms. The van der Waals surface area contributed by atoms with Crippen LogP contribution >= 0.6 is 0 Å². The van der Waals surface area contributed by atoms with Crippen molar-refractivity contribution in [2.24, 2.45) is 11.8 Å². The number of likely N-dealkylation sites (N-methyl/N-ethyl adjacent to an activating group) is 1. The number of aliphatic hydroxyl groups excluding tert-OH is 1. The standard InChI is InChI=1S/C50H71N7O14/c1-9-10-11-12-39(59)51-36(26-41(61)62)45(64)55-43-29(6)71-50(69)42(28(4)5)54-46(65)37(25-31-15-19-33(70-8)20-16-31)56(7)49(68)38(23-27(2)3)57-40(60)22-21-34(48(57)67)52-44(63)35(53-47(43)66)24-30-13-17-32(58)18-14-30/h13-20,27-29,34-38,40,42-43,58,60H,9-12,21-26H2,1-8H3,(H,51,59)(H,52,63)(H,53,66)(H,54,65)(H,55,64)(H,61,62). The highest BCUT2D eigenvalue weighted by molar-refractivity contribution is 5.99. The zero-order valence-electron chi connectivity index (χ0n) is 41.8. The molecule has 0 radical (unpaired) electrons. The molecule has 2 fully saturated rings. The smallest absolute Gasteiger partial charge is 0.329 e.